The molecule has 0 saturated carbocycles. The summed E-state index contributed by atoms with van der Waals surface area (Å²) in [6.45, 7) is 2.05. The van der Waals surface area contributed by atoms with E-state index in [0.29, 0.717) is 0 Å². The van der Waals surface area contributed by atoms with E-state index in [1.807, 2.05) is 31.2 Å². The Bertz CT molecular complexity index is 852. The SMILES string of the molecule is Cc1[nH]c(SCc2ccn(C)c(=O)c2)nc1Cc1ccccc1. The zero-order valence-electron chi connectivity index (χ0n) is 13.2. The van der Waals surface area contributed by atoms with E-state index in [2.05, 4.69) is 22.1 Å². The van der Waals surface area contributed by atoms with Crippen molar-refractivity contribution in [2.24, 2.45) is 7.05 Å². The van der Waals surface area contributed by atoms with Crippen LogP contribution in [0.1, 0.15) is 22.5 Å². The number of aryl methyl sites for hydroxylation is 2. The molecule has 0 aliphatic carbocycles. The Labute approximate surface area is 139 Å². The number of nitrogens with zero attached hydrogens (tertiary/aromatic N) is 2. The molecule has 4 nitrogen and oxygen atoms in total. The third-order valence-corrected chi connectivity index (χ3v) is 4.67. The fraction of sp³-hybridized carbons (Fsp3) is 0.222. The third kappa shape index (κ3) is 3.93. The summed E-state index contributed by atoms with van der Waals surface area (Å²) in [5.74, 6) is 0.730. The lowest BCUT2D eigenvalue weighted by atomic mass is 10.1. The van der Waals surface area contributed by atoms with E-state index >= 15 is 0 Å². The predicted molar refractivity (Wildman–Crippen MR) is 93.8 cm³/mol. The van der Waals surface area contributed by atoms with E-state index in [1.165, 1.54) is 5.56 Å². The number of aromatic amines is 1. The largest absolute Gasteiger partial charge is 0.337 e. The van der Waals surface area contributed by atoms with Crippen molar-refractivity contribution < 1.29 is 0 Å². The Balaban J connectivity index is 1.68. The van der Waals surface area contributed by atoms with Crippen LogP contribution in [0.4, 0.5) is 0 Å². The number of imidazole rings is 1. The lowest BCUT2D eigenvalue weighted by Gasteiger charge is -2.01. The molecule has 3 aromatic rings. The van der Waals surface area contributed by atoms with Gasteiger partial charge in [0.05, 0.1) is 5.69 Å². The van der Waals surface area contributed by atoms with Crippen LogP contribution in [0.15, 0.2) is 58.6 Å². The van der Waals surface area contributed by atoms with Crippen molar-refractivity contribution in [1.29, 1.82) is 0 Å². The minimum absolute atomic E-state index is 0.0171. The normalized spacial score (nSPS) is 10.9. The second kappa shape index (κ2) is 6.87. The highest BCUT2D eigenvalue weighted by Gasteiger charge is 2.08. The average Bonchev–Trinajstić information content (AvgIpc) is 2.89. The lowest BCUT2D eigenvalue weighted by molar-refractivity contribution is 0.855. The summed E-state index contributed by atoms with van der Waals surface area (Å²) in [7, 11) is 1.75. The summed E-state index contributed by atoms with van der Waals surface area (Å²) < 4.78 is 1.57. The van der Waals surface area contributed by atoms with E-state index in [-0.39, 0.29) is 5.56 Å². The van der Waals surface area contributed by atoms with Gasteiger partial charge in [0.1, 0.15) is 0 Å². The van der Waals surface area contributed by atoms with Crippen molar-refractivity contribution in [3.63, 3.8) is 0 Å². The minimum atomic E-state index is 0.0171. The molecule has 2 heterocycles. The number of pyridine rings is 1. The molecule has 0 spiro atoms. The van der Waals surface area contributed by atoms with Crippen LogP contribution in [-0.2, 0) is 19.2 Å². The molecule has 23 heavy (non-hydrogen) atoms. The van der Waals surface area contributed by atoms with E-state index in [9.17, 15) is 4.79 Å². The highest BCUT2D eigenvalue weighted by atomic mass is 32.2. The van der Waals surface area contributed by atoms with Crippen LogP contribution < -0.4 is 5.56 Å². The van der Waals surface area contributed by atoms with Gasteiger partial charge in [-0.3, -0.25) is 4.79 Å². The molecule has 3 rings (SSSR count). The van der Waals surface area contributed by atoms with Crippen LogP contribution >= 0.6 is 11.8 Å². The van der Waals surface area contributed by atoms with Gasteiger partial charge < -0.3 is 9.55 Å². The first-order chi connectivity index (χ1) is 11.1. The van der Waals surface area contributed by atoms with Crippen molar-refractivity contribution >= 4 is 11.8 Å². The number of rotatable bonds is 5. The zero-order chi connectivity index (χ0) is 16.2. The van der Waals surface area contributed by atoms with Gasteiger partial charge in [-0.25, -0.2) is 4.98 Å². The van der Waals surface area contributed by atoms with Gasteiger partial charge in [0.25, 0.3) is 5.56 Å². The van der Waals surface area contributed by atoms with E-state index in [0.717, 1.165) is 34.3 Å². The van der Waals surface area contributed by atoms with Gasteiger partial charge in [0.15, 0.2) is 5.16 Å². The third-order valence-electron chi connectivity index (χ3n) is 3.72. The quantitative estimate of drug-likeness (QED) is 0.732. The molecule has 0 bridgehead atoms. The molecule has 1 aromatic carbocycles. The Kier molecular flexibility index (Phi) is 4.67. The van der Waals surface area contributed by atoms with Gasteiger partial charge in [-0.05, 0) is 24.1 Å². The Hall–Kier alpha value is -2.27. The molecule has 0 saturated heterocycles. The van der Waals surface area contributed by atoms with Gasteiger partial charge in [-0.15, -0.1) is 0 Å². The fourth-order valence-electron chi connectivity index (χ4n) is 2.33. The van der Waals surface area contributed by atoms with Crippen LogP contribution in [0.2, 0.25) is 0 Å². The fourth-order valence-corrected chi connectivity index (χ4v) is 3.21. The van der Waals surface area contributed by atoms with Gasteiger partial charge >= 0.3 is 0 Å². The molecule has 0 amide bonds. The van der Waals surface area contributed by atoms with Gasteiger partial charge in [-0.2, -0.15) is 0 Å². The zero-order valence-corrected chi connectivity index (χ0v) is 14.1. The maximum Gasteiger partial charge on any atom is 0.250 e. The first kappa shape index (κ1) is 15.6. The second-order valence-electron chi connectivity index (χ2n) is 5.55. The molecule has 5 heteroatoms. The van der Waals surface area contributed by atoms with E-state index in [4.69, 9.17) is 0 Å². The number of benzene rings is 1. The maximum absolute atomic E-state index is 11.6. The molecule has 2 aromatic heterocycles. The Morgan fingerprint density at radius 2 is 1.96 bits per heavy atom. The van der Waals surface area contributed by atoms with E-state index in [1.54, 1.807) is 35.6 Å². The first-order valence-corrected chi connectivity index (χ1v) is 8.48. The molecule has 0 fully saturated rings. The van der Waals surface area contributed by atoms with Gasteiger partial charge in [-0.1, -0.05) is 42.1 Å². The number of H-pyrrole nitrogens is 1. The summed E-state index contributed by atoms with van der Waals surface area (Å²) >= 11 is 1.62. The Morgan fingerprint density at radius 3 is 2.70 bits per heavy atom. The molecule has 0 aliphatic rings. The number of hydrogen-bond acceptors (Lipinski definition) is 3. The monoisotopic (exact) mass is 325 g/mol. The summed E-state index contributed by atoms with van der Waals surface area (Å²) in [5, 5.41) is 0.897. The summed E-state index contributed by atoms with van der Waals surface area (Å²) in [6.07, 6.45) is 2.63. The average molecular weight is 325 g/mol. The van der Waals surface area contributed by atoms with Gasteiger partial charge in [0.2, 0.25) is 0 Å². The molecule has 1 N–H and O–H groups in total. The predicted octanol–water partition coefficient (Wildman–Crippen LogP) is 3.30. The van der Waals surface area contributed by atoms with Crippen molar-refractivity contribution in [1.82, 2.24) is 14.5 Å². The van der Waals surface area contributed by atoms with Crippen LogP contribution in [-0.4, -0.2) is 14.5 Å². The molecule has 0 radical (unpaired) electrons. The Morgan fingerprint density at radius 1 is 1.17 bits per heavy atom. The topological polar surface area (TPSA) is 50.7 Å². The van der Waals surface area contributed by atoms with Gasteiger partial charge in [0, 0.05) is 37.2 Å². The number of hydrogen-bond donors (Lipinski definition) is 1. The van der Waals surface area contributed by atoms with Crippen molar-refractivity contribution in [2.45, 2.75) is 24.3 Å². The van der Waals surface area contributed by atoms with E-state index < -0.39 is 0 Å². The van der Waals surface area contributed by atoms with Crippen LogP contribution in [0.3, 0.4) is 0 Å². The van der Waals surface area contributed by atoms with Crippen molar-refractivity contribution in [3.8, 4) is 0 Å². The lowest BCUT2D eigenvalue weighted by Crippen LogP contribution is -2.14. The number of aromatic nitrogens is 3. The van der Waals surface area contributed by atoms with Crippen molar-refractivity contribution in [2.75, 3.05) is 0 Å². The van der Waals surface area contributed by atoms with Crippen molar-refractivity contribution in [3.05, 3.63) is 81.5 Å². The smallest absolute Gasteiger partial charge is 0.250 e. The highest BCUT2D eigenvalue weighted by Crippen LogP contribution is 2.22. The molecule has 0 unspecified atom stereocenters. The van der Waals surface area contributed by atoms with Crippen LogP contribution in [0, 0.1) is 6.92 Å². The first-order valence-electron chi connectivity index (χ1n) is 7.49. The number of nitrogens with one attached hydrogen (secondary N) is 1. The maximum atomic E-state index is 11.6. The summed E-state index contributed by atoms with van der Waals surface area (Å²) in [4.78, 5) is 19.7. The minimum Gasteiger partial charge on any atom is -0.337 e. The second-order valence-corrected chi connectivity index (χ2v) is 6.51. The molecular formula is C18H19N3OS. The van der Waals surface area contributed by atoms with Crippen LogP contribution in [0.25, 0.3) is 0 Å². The summed E-state index contributed by atoms with van der Waals surface area (Å²) in [5.41, 5.74) is 4.45. The molecule has 118 valence electrons. The number of thioether (sulfide) groups is 1. The molecule has 0 atom stereocenters. The van der Waals surface area contributed by atoms with Crippen LogP contribution in [0.5, 0.6) is 0 Å². The summed E-state index contributed by atoms with van der Waals surface area (Å²) in [6, 6.07) is 14.0. The highest BCUT2D eigenvalue weighted by molar-refractivity contribution is 7.98. The molecule has 0 aliphatic heterocycles. The molecular weight excluding hydrogens is 306 g/mol. The standard InChI is InChI=1S/C18H19N3OS/c1-13-16(10-14-6-4-3-5-7-14)20-18(19-13)23-12-15-8-9-21(2)17(22)11-15/h3-9,11H,10,12H2,1-2H3,(H,19,20).